The van der Waals surface area contributed by atoms with Crippen LogP contribution in [-0.4, -0.2) is 4.98 Å². The van der Waals surface area contributed by atoms with E-state index in [1.807, 2.05) is 6.20 Å². The van der Waals surface area contributed by atoms with Crippen molar-refractivity contribution in [3.05, 3.63) is 151 Å². The topological polar surface area (TPSA) is 12.9 Å². The molecule has 6 aliphatic rings. The van der Waals surface area contributed by atoms with Crippen LogP contribution in [0.3, 0.4) is 0 Å². The van der Waals surface area contributed by atoms with Crippen LogP contribution in [0.5, 0.6) is 0 Å². The molecule has 270 valence electrons. The summed E-state index contributed by atoms with van der Waals surface area (Å²) in [5, 5.41) is 0. The van der Waals surface area contributed by atoms with Crippen molar-refractivity contribution < 1.29 is 0 Å². The fraction of sp³-hybridized carbons (Fsp3) is 0.340. The van der Waals surface area contributed by atoms with Gasteiger partial charge in [0.2, 0.25) is 0 Å². The molecule has 5 aromatic carbocycles. The molecular weight excluding hydrogens is 651 g/mol. The van der Waals surface area contributed by atoms with Crippen LogP contribution in [0.1, 0.15) is 102 Å². The minimum Gasteiger partial charge on any atom is -0.256 e. The van der Waals surface area contributed by atoms with E-state index in [1.54, 1.807) is 11.1 Å². The number of benzene rings is 5. The van der Waals surface area contributed by atoms with Gasteiger partial charge in [0.1, 0.15) is 0 Å². The number of pyridine rings is 1. The van der Waals surface area contributed by atoms with E-state index >= 15 is 0 Å². The van der Waals surface area contributed by atoms with Crippen LogP contribution < -0.4 is 0 Å². The highest BCUT2D eigenvalue weighted by atomic mass is 14.7. The smallest absolute Gasteiger partial charge is 0.0702 e. The van der Waals surface area contributed by atoms with Gasteiger partial charge < -0.3 is 0 Å². The highest BCUT2D eigenvalue weighted by molar-refractivity contribution is 5.74. The molecular formula is C53H53N. The van der Waals surface area contributed by atoms with Gasteiger partial charge in [-0.3, -0.25) is 4.98 Å². The second-order valence-electron chi connectivity index (χ2n) is 18.5. The molecule has 0 N–H and O–H groups in total. The van der Waals surface area contributed by atoms with E-state index in [4.69, 9.17) is 4.98 Å². The number of aromatic nitrogens is 1. The van der Waals surface area contributed by atoms with Gasteiger partial charge in [-0.2, -0.15) is 0 Å². The number of rotatable bonds is 7. The van der Waals surface area contributed by atoms with Crippen LogP contribution in [0.25, 0.3) is 55.8 Å². The zero-order chi connectivity index (χ0) is 36.4. The summed E-state index contributed by atoms with van der Waals surface area (Å²) in [4.78, 5) is 4.88. The summed E-state index contributed by atoms with van der Waals surface area (Å²) in [6, 6.07) is 50.3. The Morgan fingerprint density at radius 3 is 0.852 bits per heavy atom. The lowest BCUT2D eigenvalue weighted by molar-refractivity contribution is 0.0556. The van der Waals surface area contributed by atoms with Crippen molar-refractivity contribution in [2.24, 2.45) is 10.8 Å². The Bertz CT molecular complexity index is 2040. The molecule has 6 fully saturated rings. The monoisotopic (exact) mass is 703 g/mol. The summed E-state index contributed by atoms with van der Waals surface area (Å²) in [5.41, 5.74) is 17.3. The fourth-order valence-corrected chi connectivity index (χ4v) is 10.9. The number of hydrogen-bond donors (Lipinski definition) is 0. The lowest BCUT2D eigenvalue weighted by Gasteiger charge is -2.52. The van der Waals surface area contributed by atoms with E-state index in [-0.39, 0.29) is 0 Å². The molecule has 6 saturated carbocycles. The second kappa shape index (κ2) is 12.9. The summed E-state index contributed by atoms with van der Waals surface area (Å²) in [7, 11) is 0. The zero-order valence-electron chi connectivity index (χ0n) is 32.2. The minimum absolute atomic E-state index is 0.425. The standard InChI is InChI=1S/C53H53N/c1-50-25-31-52(32-26-50,33-27-50)47-20-15-42(16-21-47)39-5-3-38(4-6-39)41-11-13-45(14-12-41)49-24-19-46(37-54-49)44-9-7-40(8-10-44)43-17-22-48(23-18-43)53-34-28-51(2,29-35-53)30-36-53/h3-24,37H,25-36H2,1-2H3. The van der Waals surface area contributed by atoms with Gasteiger partial charge in [-0.05, 0) is 155 Å². The lowest BCUT2D eigenvalue weighted by Crippen LogP contribution is -2.42. The number of hydrogen-bond acceptors (Lipinski definition) is 1. The first kappa shape index (κ1) is 33.8. The van der Waals surface area contributed by atoms with Gasteiger partial charge in [-0.25, -0.2) is 0 Å². The maximum absolute atomic E-state index is 4.88. The predicted octanol–water partition coefficient (Wildman–Crippen LogP) is 14.6. The van der Waals surface area contributed by atoms with Crippen molar-refractivity contribution in [3.8, 4) is 55.8 Å². The maximum Gasteiger partial charge on any atom is 0.0702 e. The van der Waals surface area contributed by atoms with Crippen molar-refractivity contribution in [1.82, 2.24) is 4.98 Å². The average molecular weight is 704 g/mol. The third-order valence-corrected chi connectivity index (χ3v) is 15.3. The Morgan fingerprint density at radius 2 is 0.556 bits per heavy atom. The summed E-state index contributed by atoms with van der Waals surface area (Å²) in [6.07, 6.45) is 18.5. The Morgan fingerprint density at radius 1 is 0.296 bits per heavy atom. The Labute approximate surface area is 322 Å². The zero-order valence-corrected chi connectivity index (χ0v) is 32.2. The van der Waals surface area contributed by atoms with Gasteiger partial charge in [-0.15, -0.1) is 0 Å². The largest absolute Gasteiger partial charge is 0.256 e. The van der Waals surface area contributed by atoms with Gasteiger partial charge in [-0.1, -0.05) is 141 Å². The Kier molecular flexibility index (Phi) is 8.10. The highest BCUT2D eigenvalue weighted by Crippen LogP contribution is 2.58. The SMILES string of the molecule is CC12CCC(c3ccc(-c4ccc(-c5ccc(-c6ccc(-c7ccc(-c8ccc(C9%10CCC(C)(CC9)CC%10)cc8)cc7)cn6)cc5)cc4)cc3)(CC1)CC2. The van der Waals surface area contributed by atoms with Crippen molar-refractivity contribution in [1.29, 1.82) is 0 Å². The van der Waals surface area contributed by atoms with Crippen LogP contribution >= 0.6 is 0 Å². The first-order valence-corrected chi connectivity index (χ1v) is 20.8. The van der Waals surface area contributed by atoms with E-state index in [0.717, 1.165) is 16.8 Å². The number of nitrogens with zero attached hydrogens (tertiary/aromatic N) is 1. The molecule has 0 spiro atoms. The Balaban J connectivity index is 0.777. The first-order valence-electron chi connectivity index (χ1n) is 20.8. The van der Waals surface area contributed by atoms with Gasteiger partial charge in [0.05, 0.1) is 5.69 Å². The fourth-order valence-electron chi connectivity index (χ4n) is 10.9. The molecule has 1 aromatic heterocycles. The molecule has 6 aromatic rings. The predicted molar refractivity (Wildman–Crippen MR) is 226 cm³/mol. The molecule has 0 radical (unpaired) electrons. The molecule has 6 aliphatic carbocycles. The molecule has 1 heterocycles. The third-order valence-electron chi connectivity index (χ3n) is 15.3. The molecule has 4 bridgehead atoms. The quantitative estimate of drug-likeness (QED) is 0.161. The number of fused-ring (bicyclic) bond motifs is 6. The normalized spacial score (nSPS) is 27.2. The van der Waals surface area contributed by atoms with Gasteiger partial charge >= 0.3 is 0 Å². The second-order valence-corrected chi connectivity index (χ2v) is 18.5. The van der Waals surface area contributed by atoms with Gasteiger partial charge in [0.25, 0.3) is 0 Å². The first-order chi connectivity index (χ1) is 26.3. The van der Waals surface area contributed by atoms with Crippen LogP contribution in [0.4, 0.5) is 0 Å². The molecule has 0 atom stereocenters. The van der Waals surface area contributed by atoms with Crippen LogP contribution in [0.2, 0.25) is 0 Å². The van der Waals surface area contributed by atoms with E-state index in [0.29, 0.717) is 21.7 Å². The molecule has 0 saturated heterocycles. The molecule has 1 heteroatoms. The third kappa shape index (κ3) is 6.05. The maximum atomic E-state index is 4.88. The van der Waals surface area contributed by atoms with Crippen molar-refractivity contribution in [2.45, 2.75) is 102 Å². The summed E-state index contributed by atoms with van der Waals surface area (Å²) in [5.74, 6) is 0. The van der Waals surface area contributed by atoms with Crippen LogP contribution in [0.15, 0.2) is 140 Å². The molecule has 0 aliphatic heterocycles. The average Bonchev–Trinajstić information content (AvgIpc) is 3.25. The summed E-state index contributed by atoms with van der Waals surface area (Å²) >= 11 is 0. The van der Waals surface area contributed by atoms with Crippen molar-refractivity contribution >= 4 is 0 Å². The van der Waals surface area contributed by atoms with Crippen LogP contribution in [0, 0.1) is 10.8 Å². The van der Waals surface area contributed by atoms with E-state index in [1.165, 1.54) is 116 Å². The molecule has 0 amide bonds. The van der Waals surface area contributed by atoms with Crippen molar-refractivity contribution in [3.63, 3.8) is 0 Å². The minimum atomic E-state index is 0.425. The molecule has 1 nitrogen and oxygen atoms in total. The summed E-state index contributed by atoms with van der Waals surface area (Å²) in [6.45, 7) is 5.01. The van der Waals surface area contributed by atoms with Crippen molar-refractivity contribution in [2.75, 3.05) is 0 Å². The molecule has 54 heavy (non-hydrogen) atoms. The van der Waals surface area contributed by atoms with E-state index in [2.05, 4.69) is 147 Å². The molecule has 12 rings (SSSR count). The van der Waals surface area contributed by atoms with Crippen LogP contribution in [-0.2, 0) is 10.8 Å². The Hall–Kier alpha value is -4.75. The highest BCUT2D eigenvalue weighted by Gasteiger charge is 2.48. The molecule has 0 unspecified atom stereocenters. The van der Waals surface area contributed by atoms with Gasteiger partial charge in [0, 0.05) is 17.3 Å². The summed E-state index contributed by atoms with van der Waals surface area (Å²) < 4.78 is 0. The van der Waals surface area contributed by atoms with E-state index in [9.17, 15) is 0 Å². The van der Waals surface area contributed by atoms with Gasteiger partial charge in [0.15, 0.2) is 0 Å². The van der Waals surface area contributed by atoms with E-state index < -0.39 is 0 Å². The lowest BCUT2D eigenvalue weighted by atomic mass is 9.52.